The molecule has 1 fully saturated rings. The van der Waals surface area contributed by atoms with Crippen LogP contribution in [-0.2, 0) is 16.8 Å². The van der Waals surface area contributed by atoms with Gasteiger partial charge in [0, 0.05) is 34.4 Å². The SMILES string of the molecule is O=C(NCc1cccnc1)[C@@H]1CC1(c1ccc(Cl)cc1)c1ccc(Cl)cc1. The maximum absolute atomic E-state index is 12.9. The highest BCUT2D eigenvalue weighted by atomic mass is 35.5. The van der Waals surface area contributed by atoms with Crippen molar-refractivity contribution in [3.8, 4) is 0 Å². The van der Waals surface area contributed by atoms with E-state index >= 15 is 0 Å². The van der Waals surface area contributed by atoms with Gasteiger partial charge in [-0.1, -0.05) is 53.5 Å². The Bertz CT molecular complexity index is 895. The van der Waals surface area contributed by atoms with Crippen molar-refractivity contribution in [3.05, 3.63) is 99.8 Å². The van der Waals surface area contributed by atoms with Crippen molar-refractivity contribution in [2.24, 2.45) is 5.92 Å². The number of hydrogen-bond donors (Lipinski definition) is 1. The summed E-state index contributed by atoms with van der Waals surface area (Å²) in [6.45, 7) is 0.473. The van der Waals surface area contributed by atoms with Gasteiger partial charge in [-0.3, -0.25) is 9.78 Å². The van der Waals surface area contributed by atoms with Gasteiger partial charge in [0.2, 0.25) is 5.91 Å². The first kappa shape index (κ1) is 18.0. The molecule has 0 unspecified atom stereocenters. The minimum absolute atomic E-state index is 0.0451. The van der Waals surface area contributed by atoms with Crippen molar-refractivity contribution in [1.29, 1.82) is 0 Å². The molecule has 3 aromatic rings. The van der Waals surface area contributed by atoms with E-state index in [1.54, 1.807) is 12.4 Å². The fraction of sp³-hybridized carbons (Fsp3) is 0.182. The molecule has 1 saturated carbocycles. The van der Waals surface area contributed by atoms with Gasteiger partial charge in [0.15, 0.2) is 0 Å². The van der Waals surface area contributed by atoms with Crippen LogP contribution in [0.15, 0.2) is 73.1 Å². The van der Waals surface area contributed by atoms with E-state index < -0.39 is 0 Å². The third-order valence-corrected chi connectivity index (χ3v) is 5.69. The Hall–Kier alpha value is -2.36. The number of amides is 1. The minimum Gasteiger partial charge on any atom is -0.352 e. The monoisotopic (exact) mass is 396 g/mol. The molecule has 1 aromatic heterocycles. The number of hydrogen-bond acceptors (Lipinski definition) is 2. The quantitative estimate of drug-likeness (QED) is 0.658. The minimum atomic E-state index is -0.339. The second kappa shape index (κ2) is 7.34. The van der Waals surface area contributed by atoms with Gasteiger partial charge in [0.1, 0.15) is 0 Å². The number of nitrogens with zero attached hydrogens (tertiary/aromatic N) is 1. The lowest BCUT2D eigenvalue weighted by molar-refractivity contribution is -0.122. The van der Waals surface area contributed by atoms with E-state index in [4.69, 9.17) is 23.2 Å². The zero-order valence-electron chi connectivity index (χ0n) is 14.5. The Morgan fingerprint density at radius 1 is 1.00 bits per heavy atom. The lowest BCUT2D eigenvalue weighted by Gasteiger charge is -2.19. The third kappa shape index (κ3) is 3.58. The van der Waals surface area contributed by atoms with E-state index in [1.807, 2.05) is 60.7 Å². The average molecular weight is 397 g/mol. The van der Waals surface area contributed by atoms with Crippen LogP contribution in [0, 0.1) is 5.92 Å². The summed E-state index contributed by atoms with van der Waals surface area (Å²) in [5, 5.41) is 4.41. The molecule has 1 atom stereocenters. The molecular weight excluding hydrogens is 379 g/mol. The molecule has 0 saturated heterocycles. The van der Waals surface area contributed by atoms with Crippen molar-refractivity contribution in [2.45, 2.75) is 18.4 Å². The number of aromatic nitrogens is 1. The standard InChI is InChI=1S/C22H18Cl2N2O/c23-18-7-3-16(4-8-18)22(17-5-9-19(24)10-6-17)12-20(22)21(27)26-14-15-2-1-11-25-13-15/h1-11,13,20H,12,14H2,(H,26,27)/t20-/m0/s1. The molecule has 1 aliphatic rings. The van der Waals surface area contributed by atoms with Gasteiger partial charge < -0.3 is 5.32 Å². The Kier molecular flexibility index (Phi) is 4.90. The molecule has 1 N–H and O–H groups in total. The van der Waals surface area contributed by atoms with Crippen LogP contribution in [0.2, 0.25) is 10.0 Å². The molecule has 1 aliphatic carbocycles. The third-order valence-electron chi connectivity index (χ3n) is 5.19. The number of nitrogens with one attached hydrogen (secondary N) is 1. The van der Waals surface area contributed by atoms with Crippen LogP contribution in [0.25, 0.3) is 0 Å². The zero-order chi connectivity index (χ0) is 18.9. The summed E-state index contributed by atoms with van der Waals surface area (Å²) >= 11 is 12.1. The summed E-state index contributed by atoms with van der Waals surface area (Å²) in [5.41, 5.74) is 2.83. The first-order valence-electron chi connectivity index (χ1n) is 8.78. The highest BCUT2D eigenvalue weighted by Gasteiger charge is 2.60. The number of rotatable bonds is 5. The molecule has 27 heavy (non-hydrogen) atoms. The second-order valence-corrected chi connectivity index (χ2v) is 7.69. The smallest absolute Gasteiger partial charge is 0.224 e. The topological polar surface area (TPSA) is 42.0 Å². The fourth-order valence-electron chi connectivity index (χ4n) is 3.69. The van der Waals surface area contributed by atoms with E-state index in [9.17, 15) is 4.79 Å². The predicted molar refractivity (Wildman–Crippen MR) is 108 cm³/mol. The lowest BCUT2D eigenvalue weighted by atomic mass is 9.85. The summed E-state index contributed by atoms with van der Waals surface area (Å²) in [6, 6.07) is 19.3. The summed E-state index contributed by atoms with van der Waals surface area (Å²) in [6.07, 6.45) is 4.24. The molecule has 0 bridgehead atoms. The van der Waals surface area contributed by atoms with Gasteiger partial charge in [0.25, 0.3) is 0 Å². The van der Waals surface area contributed by atoms with Crippen LogP contribution >= 0.6 is 23.2 Å². The molecule has 136 valence electrons. The van der Waals surface area contributed by atoms with Crippen LogP contribution in [0.1, 0.15) is 23.1 Å². The van der Waals surface area contributed by atoms with Crippen molar-refractivity contribution < 1.29 is 4.79 Å². The first-order valence-corrected chi connectivity index (χ1v) is 9.54. The maximum atomic E-state index is 12.9. The molecule has 1 heterocycles. The van der Waals surface area contributed by atoms with Crippen molar-refractivity contribution >= 4 is 29.1 Å². The van der Waals surface area contributed by atoms with E-state index in [2.05, 4.69) is 10.3 Å². The Labute approximate surface area is 168 Å². The highest BCUT2D eigenvalue weighted by molar-refractivity contribution is 6.30. The summed E-state index contributed by atoms with van der Waals surface area (Å²) in [4.78, 5) is 17.0. The van der Waals surface area contributed by atoms with Gasteiger partial charge in [-0.15, -0.1) is 0 Å². The Balaban J connectivity index is 1.60. The molecule has 0 aliphatic heterocycles. The Morgan fingerprint density at radius 2 is 1.59 bits per heavy atom. The van der Waals surface area contributed by atoms with Crippen LogP contribution in [0.3, 0.4) is 0 Å². The van der Waals surface area contributed by atoms with Gasteiger partial charge in [-0.25, -0.2) is 0 Å². The number of carbonyl (C=O) groups is 1. The highest BCUT2D eigenvalue weighted by Crippen LogP contribution is 2.59. The van der Waals surface area contributed by atoms with Crippen LogP contribution in [0.4, 0.5) is 0 Å². The molecule has 4 rings (SSSR count). The molecule has 5 heteroatoms. The largest absolute Gasteiger partial charge is 0.352 e. The number of pyridine rings is 1. The summed E-state index contributed by atoms with van der Waals surface area (Å²) in [7, 11) is 0. The first-order chi connectivity index (χ1) is 13.1. The molecule has 0 spiro atoms. The van der Waals surface area contributed by atoms with E-state index in [0.29, 0.717) is 16.6 Å². The van der Waals surface area contributed by atoms with Crippen LogP contribution in [-0.4, -0.2) is 10.9 Å². The van der Waals surface area contributed by atoms with Crippen molar-refractivity contribution in [3.63, 3.8) is 0 Å². The fourth-order valence-corrected chi connectivity index (χ4v) is 3.95. The number of carbonyl (C=O) groups excluding carboxylic acids is 1. The normalized spacial score (nSPS) is 17.3. The van der Waals surface area contributed by atoms with Crippen LogP contribution in [0.5, 0.6) is 0 Å². The van der Waals surface area contributed by atoms with Gasteiger partial charge in [-0.2, -0.15) is 0 Å². The summed E-state index contributed by atoms with van der Waals surface area (Å²) in [5.74, 6) is -0.0831. The zero-order valence-corrected chi connectivity index (χ0v) is 16.0. The summed E-state index contributed by atoms with van der Waals surface area (Å²) < 4.78 is 0. The van der Waals surface area contributed by atoms with Gasteiger partial charge in [0.05, 0.1) is 5.92 Å². The molecule has 3 nitrogen and oxygen atoms in total. The molecule has 0 radical (unpaired) electrons. The maximum Gasteiger partial charge on any atom is 0.224 e. The molecular formula is C22H18Cl2N2O. The van der Waals surface area contributed by atoms with Crippen LogP contribution < -0.4 is 5.32 Å². The number of halogens is 2. The average Bonchev–Trinajstić information content (AvgIpc) is 3.45. The lowest BCUT2D eigenvalue weighted by Crippen LogP contribution is -2.28. The van der Waals surface area contributed by atoms with Crippen molar-refractivity contribution in [2.75, 3.05) is 0 Å². The molecule has 2 aromatic carbocycles. The van der Waals surface area contributed by atoms with E-state index in [-0.39, 0.29) is 17.2 Å². The predicted octanol–water partition coefficient (Wildman–Crippen LogP) is 5.01. The molecule has 1 amide bonds. The second-order valence-electron chi connectivity index (χ2n) is 6.82. The van der Waals surface area contributed by atoms with Crippen molar-refractivity contribution in [1.82, 2.24) is 10.3 Å². The Morgan fingerprint density at radius 3 is 2.11 bits per heavy atom. The van der Waals surface area contributed by atoms with E-state index in [1.165, 1.54) is 0 Å². The number of benzene rings is 2. The van der Waals surface area contributed by atoms with E-state index in [0.717, 1.165) is 23.1 Å². The van der Waals surface area contributed by atoms with Gasteiger partial charge >= 0.3 is 0 Å². The van der Waals surface area contributed by atoms with Gasteiger partial charge in [-0.05, 0) is 53.4 Å².